The van der Waals surface area contributed by atoms with Crippen LogP contribution in [0.3, 0.4) is 0 Å². The first-order chi connectivity index (χ1) is 10.2. The molecular weight excluding hydrogens is 260 g/mol. The van der Waals surface area contributed by atoms with Crippen LogP contribution in [0, 0.1) is 0 Å². The molecule has 21 heavy (non-hydrogen) atoms. The number of carbonyl (C=O) groups is 1. The summed E-state index contributed by atoms with van der Waals surface area (Å²) in [7, 11) is 0. The van der Waals surface area contributed by atoms with Crippen LogP contribution in [0.1, 0.15) is 15.9 Å². The van der Waals surface area contributed by atoms with Crippen molar-refractivity contribution in [2.75, 3.05) is 5.73 Å². The first-order valence-corrected chi connectivity index (χ1v) is 6.84. The SMILES string of the molecule is Nc1cccc(CNC(=O)c2ccc3ccccc3c2)c1. The molecule has 0 aliphatic heterocycles. The number of hydrogen-bond acceptors (Lipinski definition) is 2. The molecule has 0 saturated carbocycles. The first kappa shape index (κ1) is 13.2. The Morgan fingerprint density at radius 3 is 2.52 bits per heavy atom. The predicted molar refractivity (Wildman–Crippen MR) is 86.0 cm³/mol. The Balaban J connectivity index is 1.74. The molecule has 0 aliphatic carbocycles. The van der Waals surface area contributed by atoms with Crippen LogP contribution in [-0.2, 0) is 6.54 Å². The normalized spacial score (nSPS) is 10.5. The molecule has 104 valence electrons. The van der Waals surface area contributed by atoms with Crippen LogP contribution in [0.15, 0.2) is 66.7 Å². The van der Waals surface area contributed by atoms with Gasteiger partial charge in [-0.1, -0.05) is 42.5 Å². The standard InChI is InChI=1S/C18H16N2O/c19-17-7-3-4-13(10-17)12-20-18(21)16-9-8-14-5-1-2-6-15(14)11-16/h1-11H,12,19H2,(H,20,21). The molecule has 3 nitrogen and oxygen atoms in total. The number of amides is 1. The molecule has 0 bridgehead atoms. The Labute approximate surface area is 123 Å². The molecule has 3 N–H and O–H groups in total. The Bertz CT molecular complexity index is 796. The molecule has 3 aromatic rings. The van der Waals surface area contributed by atoms with Gasteiger partial charge >= 0.3 is 0 Å². The zero-order chi connectivity index (χ0) is 14.7. The van der Waals surface area contributed by atoms with E-state index in [4.69, 9.17) is 5.73 Å². The van der Waals surface area contributed by atoms with Gasteiger partial charge in [0, 0.05) is 17.8 Å². The Morgan fingerprint density at radius 1 is 0.905 bits per heavy atom. The molecule has 0 unspecified atom stereocenters. The lowest BCUT2D eigenvalue weighted by Crippen LogP contribution is -2.22. The van der Waals surface area contributed by atoms with E-state index in [9.17, 15) is 4.79 Å². The maximum atomic E-state index is 12.2. The third-order valence-corrected chi connectivity index (χ3v) is 3.42. The smallest absolute Gasteiger partial charge is 0.251 e. The molecule has 0 spiro atoms. The van der Waals surface area contributed by atoms with Crippen LogP contribution in [-0.4, -0.2) is 5.91 Å². The van der Waals surface area contributed by atoms with Gasteiger partial charge in [0.05, 0.1) is 0 Å². The van der Waals surface area contributed by atoms with Crippen molar-refractivity contribution in [1.82, 2.24) is 5.32 Å². The summed E-state index contributed by atoms with van der Waals surface area (Å²) >= 11 is 0. The van der Waals surface area contributed by atoms with Gasteiger partial charge < -0.3 is 11.1 Å². The monoisotopic (exact) mass is 276 g/mol. The van der Waals surface area contributed by atoms with Crippen molar-refractivity contribution >= 4 is 22.4 Å². The summed E-state index contributed by atoms with van der Waals surface area (Å²) in [6.07, 6.45) is 0. The van der Waals surface area contributed by atoms with Gasteiger partial charge in [-0.15, -0.1) is 0 Å². The second kappa shape index (κ2) is 5.67. The zero-order valence-electron chi connectivity index (χ0n) is 11.5. The number of rotatable bonds is 3. The van der Waals surface area contributed by atoms with Gasteiger partial charge in [-0.3, -0.25) is 4.79 Å². The number of fused-ring (bicyclic) bond motifs is 1. The van der Waals surface area contributed by atoms with Crippen molar-refractivity contribution in [3.63, 3.8) is 0 Å². The quantitative estimate of drug-likeness (QED) is 0.721. The number of benzene rings is 3. The van der Waals surface area contributed by atoms with E-state index in [1.807, 2.05) is 66.7 Å². The third kappa shape index (κ3) is 3.03. The molecule has 3 rings (SSSR count). The average Bonchev–Trinajstić information content (AvgIpc) is 2.52. The molecule has 3 aromatic carbocycles. The van der Waals surface area contributed by atoms with Gasteiger partial charge in [-0.25, -0.2) is 0 Å². The molecule has 0 aliphatic rings. The van der Waals surface area contributed by atoms with Crippen molar-refractivity contribution in [2.24, 2.45) is 0 Å². The fourth-order valence-corrected chi connectivity index (χ4v) is 2.32. The summed E-state index contributed by atoms with van der Waals surface area (Å²) in [4.78, 5) is 12.2. The Kier molecular flexibility index (Phi) is 3.56. The maximum Gasteiger partial charge on any atom is 0.251 e. The van der Waals surface area contributed by atoms with Crippen molar-refractivity contribution in [1.29, 1.82) is 0 Å². The minimum atomic E-state index is -0.0804. The minimum Gasteiger partial charge on any atom is -0.399 e. The van der Waals surface area contributed by atoms with E-state index in [2.05, 4.69) is 5.32 Å². The van der Waals surface area contributed by atoms with Crippen LogP contribution >= 0.6 is 0 Å². The number of anilines is 1. The number of nitrogens with one attached hydrogen (secondary N) is 1. The number of carbonyl (C=O) groups excluding carboxylic acids is 1. The van der Waals surface area contributed by atoms with Gasteiger partial charge in [0.15, 0.2) is 0 Å². The van der Waals surface area contributed by atoms with Gasteiger partial charge in [0.25, 0.3) is 5.91 Å². The van der Waals surface area contributed by atoms with E-state index >= 15 is 0 Å². The Hall–Kier alpha value is -2.81. The molecule has 1 amide bonds. The molecule has 0 atom stereocenters. The fraction of sp³-hybridized carbons (Fsp3) is 0.0556. The van der Waals surface area contributed by atoms with Crippen molar-refractivity contribution in [3.05, 3.63) is 77.9 Å². The fourth-order valence-electron chi connectivity index (χ4n) is 2.32. The number of nitrogen functional groups attached to an aromatic ring is 1. The van der Waals surface area contributed by atoms with E-state index in [0.29, 0.717) is 17.8 Å². The van der Waals surface area contributed by atoms with Crippen LogP contribution in [0.4, 0.5) is 5.69 Å². The largest absolute Gasteiger partial charge is 0.399 e. The van der Waals surface area contributed by atoms with E-state index in [-0.39, 0.29) is 5.91 Å². The lowest BCUT2D eigenvalue weighted by molar-refractivity contribution is 0.0951. The second-order valence-electron chi connectivity index (χ2n) is 4.99. The number of nitrogens with two attached hydrogens (primary N) is 1. The topological polar surface area (TPSA) is 55.1 Å². The van der Waals surface area contributed by atoms with Gasteiger partial charge in [-0.2, -0.15) is 0 Å². The Morgan fingerprint density at radius 2 is 1.71 bits per heavy atom. The maximum absolute atomic E-state index is 12.2. The highest BCUT2D eigenvalue weighted by Gasteiger charge is 2.06. The minimum absolute atomic E-state index is 0.0804. The van der Waals surface area contributed by atoms with Crippen molar-refractivity contribution < 1.29 is 4.79 Å². The lowest BCUT2D eigenvalue weighted by atomic mass is 10.1. The molecular formula is C18H16N2O. The van der Waals surface area contributed by atoms with Gasteiger partial charge in [-0.05, 0) is 40.6 Å². The molecule has 3 heteroatoms. The van der Waals surface area contributed by atoms with Crippen LogP contribution in [0.2, 0.25) is 0 Å². The van der Waals surface area contributed by atoms with Crippen molar-refractivity contribution in [2.45, 2.75) is 6.54 Å². The highest BCUT2D eigenvalue weighted by Crippen LogP contribution is 2.15. The summed E-state index contributed by atoms with van der Waals surface area (Å²) in [5.74, 6) is -0.0804. The van der Waals surface area contributed by atoms with Gasteiger partial charge in [0.1, 0.15) is 0 Å². The highest BCUT2D eigenvalue weighted by molar-refractivity contribution is 5.98. The van der Waals surface area contributed by atoms with E-state index in [1.54, 1.807) is 0 Å². The molecule has 0 fully saturated rings. The average molecular weight is 276 g/mol. The van der Waals surface area contributed by atoms with E-state index in [0.717, 1.165) is 16.3 Å². The summed E-state index contributed by atoms with van der Waals surface area (Å²) in [6.45, 7) is 0.469. The third-order valence-electron chi connectivity index (χ3n) is 3.42. The highest BCUT2D eigenvalue weighted by atomic mass is 16.1. The van der Waals surface area contributed by atoms with Crippen LogP contribution in [0.5, 0.6) is 0 Å². The summed E-state index contributed by atoms with van der Waals surface area (Å²) in [6, 6.07) is 21.2. The zero-order valence-corrected chi connectivity index (χ0v) is 11.5. The summed E-state index contributed by atoms with van der Waals surface area (Å²) in [5, 5.41) is 5.11. The van der Waals surface area contributed by atoms with Gasteiger partial charge in [0.2, 0.25) is 0 Å². The first-order valence-electron chi connectivity index (χ1n) is 6.84. The summed E-state index contributed by atoms with van der Waals surface area (Å²) < 4.78 is 0. The molecule has 0 heterocycles. The second-order valence-corrected chi connectivity index (χ2v) is 4.99. The molecule has 0 radical (unpaired) electrons. The van der Waals surface area contributed by atoms with E-state index in [1.165, 1.54) is 0 Å². The lowest BCUT2D eigenvalue weighted by Gasteiger charge is -2.07. The molecule has 0 saturated heterocycles. The van der Waals surface area contributed by atoms with E-state index < -0.39 is 0 Å². The van der Waals surface area contributed by atoms with Crippen molar-refractivity contribution in [3.8, 4) is 0 Å². The number of hydrogen-bond donors (Lipinski definition) is 2. The summed E-state index contributed by atoms with van der Waals surface area (Å²) in [5.41, 5.74) is 8.08. The van der Waals surface area contributed by atoms with Crippen LogP contribution in [0.25, 0.3) is 10.8 Å². The molecule has 0 aromatic heterocycles. The van der Waals surface area contributed by atoms with Crippen LogP contribution < -0.4 is 11.1 Å². The predicted octanol–water partition coefficient (Wildman–Crippen LogP) is 3.35.